The fourth-order valence-electron chi connectivity index (χ4n) is 4.44. The maximum Gasteiger partial charge on any atom is 0.262 e. The second kappa shape index (κ2) is 11.1. The molecule has 2 aliphatic rings. The van der Waals surface area contributed by atoms with Crippen molar-refractivity contribution in [3.8, 4) is 11.5 Å². The number of aryl methyl sites for hydroxylation is 1. The number of methoxy groups -OCH3 is 2. The number of thioether (sulfide) groups is 1. The van der Waals surface area contributed by atoms with Crippen LogP contribution in [0, 0.1) is 6.92 Å². The molecule has 3 aromatic carbocycles. The van der Waals surface area contributed by atoms with Crippen molar-refractivity contribution < 1.29 is 19.1 Å². The SMILES string of the molecule is COc1ccc(OC)c(C2=NN(C3=NC(=O)[C@H](CC(=O)Nc4ccccc4)S3)[C@H](c3ccc(C)cc3)C2)c1. The van der Waals surface area contributed by atoms with E-state index in [-0.39, 0.29) is 24.3 Å². The van der Waals surface area contributed by atoms with Crippen molar-refractivity contribution >= 4 is 40.1 Å². The number of ether oxygens (including phenoxy) is 2. The van der Waals surface area contributed by atoms with Gasteiger partial charge >= 0.3 is 0 Å². The minimum absolute atomic E-state index is 0.0225. The number of benzene rings is 3. The van der Waals surface area contributed by atoms with Gasteiger partial charge in [0.25, 0.3) is 5.91 Å². The van der Waals surface area contributed by atoms with Gasteiger partial charge in [-0.3, -0.25) is 9.59 Å². The number of rotatable bonds is 7. The highest BCUT2D eigenvalue weighted by atomic mass is 32.2. The Hall–Kier alpha value is -4.11. The number of anilines is 1. The Balaban J connectivity index is 1.41. The Morgan fingerprint density at radius 3 is 2.53 bits per heavy atom. The fourth-order valence-corrected chi connectivity index (χ4v) is 5.51. The minimum Gasteiger partial charge on any atom is -0.497 e. The number of nitrogens with one attached hydrogen (secondary N) is 1. The number of nitrogens with zero attached hydrogens (tertiary/aromatic N) is 3. The lowest BCUT2D eigenvalue weighted by molar-refractivity contribution is -0.121. The molecule has 0 bridgehead atoms. The van der Waals surface area contributed by atoms with Gasteiger partial charge in [-0.15, -0.1) is 0 Å². The average Bonchev–Trinajstić information content (AvgIpc) is 3.53. The van der Waals surface area contributed by atoms with Crippen LogP contribution in [0.25, 0.3) is 0 Å². The molecule has 38 heavy (non-hydrogen) atoms. The van der Waals surface area contributed by atoms with Crippen molar-refractivity contribution in [3.05, 3.63) is 89.5 Å². The van der Waals surface area contributed by atoms with Gasteiger partial charge in [-0.1, -0.05) is 59.8 Å². The number of aliphatic imine (C=N–C) groups is 1. The highest BCUT2D eigenvalue weighted by Crippen LogP contribution is 2.40. The molecule has 2 heterocycles. The van der Waals surface area contributed by atoms with Crippen LogP contribution in [0.15, 0.2) is 82.9 Å². The normalized spacial score (nSPS) is 18.7. The Labute approximate surface area is 225 Å². The van der Waals surface area contributed by atoms with Crippen molar-refractivity contribution in [2.45, 2.75) is 31.1 Å². The highest BCUT2D eigenvalue weighted by Gasteiger charge is 2.39. The van der Waals surface area contributed by atoms with E-state index in [4.69, 9.17) is 14.6 Å². The maximum atomic E-state index is 12.9. The zero-order chi connectivity index (χ0) is 26.6. The zero-order valence-corrected chi connectivity index (χ0v) is 22.2. The molecule has 0 saturated heterocycles. The number of carbonyl (C=O) groups excluding carboxylic acids is 2. The number of hydrazone groups is 1. The number of amides is 2. The van der Waals surface area contributed by atoms with E-state index in [1.807, 2.05) is 55.5 Å². The summed E-state index contributed by atoms with van der Waals surface area (Å²) in [5.74, 6) is 0.807. The summed E-state index contributed by atoms with van der Waals surface area (Å²) in [6.45, 7) is 2.04. The van der Waals surface area contributed by atoms with Crippen molar-refractivity contribution in [2.24, 2.45) is 10.1 Å². The van der Waals surface area contributed by atoms with E-state index in [1.54, 1.807) is 19.2 Å². The predicted molar refractivity (Wildman–Crippen MR) is 150 cm³/mol. The van der Waals surface area contributed by atoms with Crippen LogP contribution in [0.4, 0.5) is 5.69 Å². The van der Waals surface area contributed by atoms with Crippen LogP contribution in [0.1, 0.15) is 35.6 Å². The second-order valence-electron chi connectivity index (χ2n) is 9.05. The predicted octanol–water partition coefficient (Wildman–Crippen LogP) is 5.19. The number of hydrogen-bond donors (Lipinski definition) is 1. The molecule has 3 aromatic rings. The summed E-state index contributed by atoms with van der Waals surface area (Å²) < 4.78 is 11.1. The molecule has 0 unspecified atom stereocenters. The first-order chi connectivity index (χ1) is 18.4. The third-order valence-corrected chi connectivity index (χ3v) is 7.59. The molecule has 9 heteroatoms. The molecule has 0 spiro atoms. The van der Waals surface area contributed by atoms with Crippen molar-refractivity contribution in [1.29, 1.82) is 0 Å². The first-order valence-corrected chi connectivity index (χ1v) is 13.1. The molecular formula is C29H28N4O4S. The lowest BCUT2D eigenvalue weighted by Gasteiger charge is -2.23. The van der Waals surface area contributed by atoms with Crippen LogP contribution < -0.4 is 14.8 Å². The van der Waals surface area contributed by atoms with Crippen LogP contribution in [-0.4, -0.2) is 47.2 Å². The lowest BCUT2D eigenvalue weighted by atomic mass is 9.97. The van der Waals surface area contributed by atoms with Gasteiger partial charge in [0.2, 0.25) is 5.91 Å². The first-order valence-electron chi connectivity index (χ1n) is 12.2. The van der Waals surface area contributed by atoms with E-state index in [1.165, 1.54) is 11.8 Å². The van der Waals surface area contributed by atoms with E-state index in [0.717, 1.165) is 22.4 Å². The Kier molecular flexibility index (Phi) is 7.46. The maximum absolute atomic E-state index is 12.9. The Morgan fingerprint density at radius 2 is 1.82 bits per heavy atom. The third kappa shape index (κ3) is 5.43. The molecule has 0 aliphatic carbocycles. The molecule has 0 aromatic heterocycles. The molecule has 8 nitrogen and oxygen atoms in total. The van der Waals surface area contributed by atoms with Crippen LogP contribution in [0.2, 0.25) is 0 Å². The van der Waals surface area contributed by atoms with Gasteiger partial charge in [0, 0.05) is 24.1 Å². The largest absolute Gasteiger partial charge is 0.497 e. The van der Waals surface area contributed by atoms with Gasteiger partial charge < -0.3 is 14.8 Å². The number of hydrogen-bond acceptors (Lipinski definition) is 7. The summed E-state index contributed by atoms with van der Waals surface area (Å²) in [4.78, 5) is 29.8. The molecule has 0 saturated carbocycles. The van der Waals surface area contributed by atoms with E-state index in [9.17, 15) is 9.59 Å². The molecule has 2 aliphatic heterocycles. The molecular weight excluding hydrogens is 500 g/mol. The number of carbonyl (C=O) groups is 2. The monoisotopic (exact) mass is 528 g/mol. The summed E-state index contributed by atoms with van der Waals surface area (Å²) >= 11 is 1.27. The van der Waals surface area contributed by atoms with E-state index in [2.05, 4.69) is 34.6 Å². The molecule has 2 amide bonds. The van der Waals surface area contributed by atoms with Gasteiger partial charge in [-0.05, 0) is 42.8 Å². The topological polar surface area (TPSA) is 92.6 Å². The van der Waals surface area contributed by atoms with E-state index >= 15 is 0 Å². The fraction of sp³-hybridized carbons (Fsp3) is 0.241. The quantitative estimate of drug-likeness (QED) is 0.454. The molecule has 0 fully saturated rings. The highest BCUT2D eigenvalue weighted by molar-refractivity contribution is 8.15. The van der Waals surface area contributed by atoms with Crippen molar-refractivity contribution in [1.82, 2.24) is 5.01 Å². The van der Waals surface area contributed by atoms with Gasteiger partial charge in [0.05, 0.1) is 26.0 Å². The minimum atomic E-state index is -0.613. The third-order valence-electron chi connectivity index (χ3n) is 6.44. The van der Waals surface area contributed by atoms with Crippen LogP contribution in [-0.2, 0) is 9.59 Å². The molecule has 194 valence electrons. The summed E-state index contributed by atoms with van der Waals surface area (Å²) in [6, 6.07) is 22.9. The van der Waals surface area contributed by atoms with Crippen molar-refractivity contribution in [2.75, 3.05) is 19.5 Å². The summed E-state index contributed by atoms with van der Waals surface area (Å²) in [5, 5.41) is 9.44. The lowest BCUT2D eigenvalue weighted by Crippen LogP contribution is -2.25. The number of para-hydroxylation sites is 1. The summed E-state index contributed by atoms with van der Waals surface area (Å²) in [5.41, 5.74) is 4.51. The van der Waals surface area contributed by atoms with Crippen LogP contribution in [0.3, 0.4) is 0 Å². The van der Waals surface area contributed by atoms with Crippen molar-refractivity contribution in [3.63, 3.8) is 0 Å². The molecule has 0 radical (unpaired) electrons. The standard InChI is InChI=1S/C29H28N4O4S/c1-18-9-11-19(12-10-18)24-16-23(22-15-21(36-2)13-14-25(22)37-3)32-33(24)29-31-28(35)26(38-29)17-27(34)30-20-7-5-4-6-8-20/h4-15,24,26H,16-17H2,1-3H3,(H,30,34)/t24-,26-/m0/s1. The summed E-state index contributed by atoms with van der Waals surface area (Å²) in [7, 11) is 3.24. The van der Waals surface area contributed by atoms with Gasteiger partial charge in [0.15, 0.2) is 5.17 Å². The molecule has 1 N–H and O–H groups in total. The first kappa shape index (κ1) is 25.5. The molecule has 5 rings (SSSR count). The Morgan fingerprint density at radius 1 is 1.05 bits per heavy atom. The second-order valence-corrected chi connectivity index (χ2v) is 10.2. The van der Waals surface area contributed by atoms with E-state index < -0.39 is 5.25 Å². The molecule has 2 atom stereocenters. The summed E-state index contributed by atoms with van der Waals surface area (Å²) in [6.07, 6.45) is 0.605. The van der Waals surface area contributed by atoms with Crippen LogP contribution in [0.5, 0.6) is 11.5 Å². The smallest absolute Gasteiger partial charge is 0.262 e. The zero-order valence-electron chi connectivity index (χ0n) is 21.4. The Bertz CT molecular complexity index is 1410. The van der Waals surface area contributed by atoms with Crippen LogP contribution >= 0.6 is 11.8 Å². The number of amidine groups is 1. The van der Waals surface area contributed by atoms with E-state index in [0.29, 0.717) is 28.8 Å². The average molecular weight is 529 g/mol. The van der Waals surface area contributed by atoms with Gasteiger partial charge in [0.1, 0.15) is 16.7 Å². The van der Waals surface area contributed by atoms with Gasteiger partial charge in [-0.25, -0.2) is 5.01 Å². The van der Waals surface area contributed by atoms with Gasteiger partial charge in [-0.2, -0.15) is 10.1 Å².